The number of nitrogens with one attached hydrogen (secondary N) is 1. The van der Waals surface area contributed by atoms with Gasteiger partial charge in [0.05, 0.1) is 0 Å². The van der Waals surface area contributed by atoms with E-state index in [1.165, 1.54) is 0 Å². The highest BCUT2D eigenvalue weighted by Gasteiger charge is 2.25. The molecule has 2 atom stereocenters. The second-order valence-electron chi connectivity index (χ2n) is 5.52. The third-order valence-corrected chi connectivity index (χ3v) is 4.84. The van der Waals surface area contributed by atoms with Gasteiger partial charge < -0.3 is 11.1 Å². The maximum atomic E-state index is 12.1. The minimum Gasteiger partial charge on any atom is -0.327 e. The van der Waals surface area contributed by atoms with E-state index in [1.807, 2.05) is 29.6 Å². The van der Waals surface area contributed by atoms with Gasteiger partial charge in [-0.2, -0.15) is 0 Å². The third-order valence-electron chi connectivity index (χ3n) is 4.01. The molecule has 0 bridgehead atoms. The van der Waals surface area contributed by atoms with Crippen molar-refractivity contribution in [3.8, 4) is 10.6 Å². The number of hydrogen-bond donors (Lipinski definition) is 2. The summed E-state index contributed by atoms with van der Waals surface area (Å²) in [5.41, 5.74) is 7.90. The fourth-order valence-electron chi connectivity index (χ4n) is 2.83. The Bertz CT molecular complexity index is 594. The van der Waals surface area contributed by atoms with Crippen LogP contribution < -0.4 is 11.1 Å². The molecule has 0 spiro atoms. The first-order valence-corrected chi connectivity index (χ1v) is 8.16. The molecule has 1 fully saturated rings. The molecular weight excluding hydrogens is 282 g/mol. The Kier molecular flexibility index (Phi) is 4.31. The monoisotopic (exact) mass is 301 g/mol. The summed E-state index contributed by atoms with van der Waals surface area (Å²) < 4.78 is 0. The van der Waals surface area contributed by atoms with Gasteiger partial charge in [0.25, 0.3) is 0 Å². The maximum absolute atomic E-state index is 12.1. The van der Waals surface area contributed by atoms with Gasteiger partial charge in [-0.15, -0.1) is 11.3 Å². The van der Waals surface area contributed by atoms with Crippen LogP contribution in [-0.4, -0.2) is 16.9 Å². The molecule has 0 aliphatic heterocycles. The zero-order chi connectivity index (χ0) is 14.7. The molecule has 1 saturated carbocycles. The molecule has 4 nitrogen and oxygen atoms in total. The summed E-state index contributed by atoms with van der Waals surface area (Å²) in [5, 5.41) is 5.90. The summed E-state index contributed by atoms with van der Waals surface area (Å²) in [6, 6.07) is 7.99. The number of thiazole rings is 1. The fourth-order valence-corrected chi connectivity index (χ4v) is 3.48. The first-order chi connectivity index (χ1) is 10.2. The van der Waals surface area contributed by atoms with E-state index < -0.39 is 0 Å². The third kappa shape index (κ3) is 3.49. The van der Waals surface area contributed by atoms with Crippen molar-refractivity contribution in [1.29, 1.82) is 0 Å². The summed E-state index contributed by atoms with van der Waals surface area (Å²) >= 11 is 1.60. The first-order valence-electron chi connectivity index (χ1n) is 7.28. The Hall–Kier alpha value is -1.72. The predicted octanol–water partition coefficient (Wildman–Crippen LogP) is 3.27. The number of nitrogens with two attached hydrogens (primary N) is 1. The number of rotatable bonds is 4. The van der Waals surface area contributed by atoms with E-state index in [2.05, 4.69) is 10.3 Å². The quantitative estimate of drug-likeness (QED) is 0.910. The number of amides is 1. The van der Waals surface area contributed by atoms with Crippen molar-refractivity contribution in [3.63, 3.8) is 0 Å². The van der Waals surface area contributed by atoms with Crippen LogP contribution in [0.15, 0.2) is 35.8 Å². The summed E-state index contributed by atoms with van der Waals surface area (Å²) in [6.45, 7) is 0. The number of nitrogens with zero attached hydrogens (tertiary/aromatic N) is 1. The van der Waals surface area contributed by atoms with Crippen LogP contribution >= 0.6 is 11.3 Å². The van der Waals surface area contributed by atoms with Gasteiger partial charge in [-0.3, -0.25) is 4.79 Å². The number of hydrogen-bond acceptors (Lipinski definition) is 4. The van der Waals surface area contributed by atoms with Crippen LogP contribution in [0.4, 0.5) is 5.69 Å². The van der Waals surface area contributed by atoms with Crippen molar-refractivity contribution in [1.82, 2.24) is 4.98 Å². The molecule has 1 aliphatic carbocycles. The number of benzene rings is 1. The summed E-state index contributed by atoms with van der Waals surface area (Å²) in [6.07, 6.45) is 5.57. The second-order valence-corrected chi connectivity index (χ2v) is 6.42. The molecule has 1 heterocycles. The molecule has 2 aromatic rings. The van der Waals surface area contributed by atoms with E-state index in [0.29, 0.717) is 12.3 Å². The van der Waals surface area contributed by atoms with Gasteiger partial charge in [0, 0.05) is 35.3 Å². The molecule has 1 aromatic heterocycles. The van der Waals surface area contributed by atoms with Crippen LogP contribution in [0.1, 0.15) is 25.7 Å². The molecule has 1 aliphatic rings. The van der Waals surface area contributed by atoms with Gasteiger partial charge in [0.2, 0.25) is 5.91 Å². The average Bonchev–Trinajstić information content (AvgIpc) is 3.12. The molecule has 21 heavy (non-hydrogen) atoms. The van der Waals surface area contributed by atoms with Crippen molar-refractivity contribution in [2.24, 2.45) is 11.7 Å². The Morgan fingerprint density at radius 2 is 2.14 bits per heavy atom. The van der Waals surface area contributed by atoms with E-state index in [4.69, 9.17) is 5.73 Å². The topological polar surface area (TPSA) is 68.0 Å². The van der Waals surface area contributed by atoms with E-state index in [0.717, 1.165) is 35.5 Å². The standard InChI is InChI=1S/C16H19N3OS/c17-14-3-1-2-12(14)10-15(20)19-13-6-4-11(5-7-13)16-18-8-9-21-16/h4-9,12,14H,1-3,10,17H2,(H,19,20)/t12-,14+/m0/s1. The largest absolute Gasteiger partial charge is 0.327 e. The fraction of sp³-hybridized carbons (Fsp3) is 0.375. The summed E-state index contributed by atoms with van der Waals surface area (Å²) in [5.74, 6) is 0.388. The normalized spacial score (nSPS) is 21.4. The van der Waals surface area contributed by atoms with Crippen molar-refractivity contribution < 1.29 is 4.79 Å². The predicted molar refractivity (Wildman–Crippen MR) is 86.1 cm³/mol. The molecule has 3 rings (SSSR count). The smallest absolute Gasteiger partial charge is 0.224 e. The molecule has 1 amide bonds. The molecule has 1 aromatic carbocycles. The highest BCUT2D eigenvalue weighted by molar-refractivity contribution is 7.13. The van der Waals surface area contributed by atoms with Crippen LogP contribution in [0.25, 0.3) is 10.6 Å². The number of aromatic nitrogens is 1. The molecule has 5 heteroatoms. The summed E-state index contributed by atoms with van der Waals surface area (Å²) in [7, 11) is 0. The van der Waals surface area contributed by atoms with Crippen molar-refractivity contribution >= 4 is 22.9 Å². The Balaban J connectivity index is 1.58. The Morgan fingerprint density at radius 1 is 1.33 bits per heavy atom. The van der Waals surface area contributed by atoms with E-state index >= 15 is 0 Å². The zero-order valence-corrected chi connectivity index (χ0v) is 12.6. The van der Waals surface area contributed by atoms with Gasteiger partial charge >= 0.3 is 0 Å². The second kappa shape index (κ2) is 6.37. The zero-order valence-electron chi connectivity index (χ0n) is 11.8. The van der Waals surface area contributed by atoms with Crippen LogP contribution in [0.3, 0.4) is 0 Å². The summed E-state index contributed by atoms with van der Waals surface area (Å²) in [4.78, 5) is 16.3. The van der Waals surface area contributed by atoms with Gasteiger partial charge in [-0.1, -0.05) is 6.42 Å². The van der Waals surface area contributed by atoms with Crippen molar-refractivity contribution in [2.45, 2.75) is 31.7 Å². The minimum absolute atomic E-state index is 0.0550. The van der Waals surface area contributed by atoms with E-state index in [-0.39, 0.29) is 11.9 Å². The molecule has 110 valence electrons. The molecule has 0 unspecified atom stereocenters. The SMILES string of the molecule is N[C@@H]1CCC[C@H]1CC(=O)Nc1ccc(-c2nccs2)cc1. The lowest BCUT2D eigenvalue weighted by Crippen LogP contribution is -2.28. The van der Waals surface area contributed by atoms with Crippen LogP contribution in [0.5, 0.6) is 0 Å². The van der Waals surface area contributed by atoms with Gasteiger partial charge in [0.1, 0.15) is 5.01 Å². The maximum Gasteiger partial charge on any atom is 0.224 e. The highest BCUT2D eigenvalue weighted by atomic mass is 32.1. The Labute approximate surface area is 128 Å². The molecule has 0 radical (unpaired) electrons. The Morgan fingerprint density at radius 3 is 2.76 bits per heavy atom. The number of carbonyl (C=O) groups excluding carboxylic acids is 1. The lowest BCUT2D eigenvalue weighted by atomic mass is 10.00. The van der Waals surface area contributed by atoms with E-state index in [1.54, 1.807) is 17.5 Å². The lowest BCUT2D eigenvalue weighted by molar-refractivity contribution is -0.117. The van der Waals surface area contributed by atoms with Crippen molar-refractivity contribution in [2.75, 3.05) is 5.32 Å². The van der Waals surface area contributed by atoms with Gasteiger partial charge in [0.15, 0.2) is 0 Å². The average molecular weight is 301 g/mol. The number of anilines is 1. The number of carbonyl (C=O) groups is 1. The van der Waals surface area contributed by atoms with Crippen LogP contribution in [0, 0.1) is 5.92 Å². The van der Waals surface area contributed by atoms with Crippen LogP contribution in [-0.2, 0) is 4.79 Å². The van der Waals surface area contributed by atoms with Gasteiger partial charge in [-0.05, 0) is 43.0 Å². The van der Waals surface area contributed by atoms with Crippen molar-refractivity contribution in [3.05, 3.63) is 35.8 Å². The minimum atomic E-state index is 0.0550. The first kappa shape index (κ1) is 14.2. The molecule has 3 N–H and O–H groups in total. The van der Waals surface area contributed by atoms with E-state index in [9.17, 15) is 4.79 Å². The lowest BCUT2D eigenvalue weighted by Gasteiger charge is -2.14. The van der Waals surface area contributed by atoms with Crippen LogP contribution in [0.2, 0.25) is 0 Å². The highest BCUT2D eigenvalue weighted by Crippen LogP contribution is 2.27. The van der Waals surface area contributed by atoms with Gasteiger partial charge in [-0.25, -0.2) is 4.98 Å². The molecule has 0 saturated heterocycles. The molecular formula is C16H19N3OS.